The van der Waals surface area contributed by atoms with Crippen molar-refractivity contribution in [2.45, 2.75) is 31.2 Å². The topological polar surface area (TPSA) is 38.1 Å². The smallest absolute Gasteiger partial charge is 0.140 e. The van der Waals surface area contributed by atoms with E-state index in [1.54, 1.807) is 12.1 Å². The highest BCUT2D eigenvalue weighted by atomic mass is 16.3. The number of imidazole rings is 1. The highest BCUT2D eigenvalue weighted by Gasteiger charge is 2.55. The first-order chi connectivity index (χ1) is 8.79. The van der Waals surface area contributed by atoms with Gasteiger partial charge >= 0.3 is 0 Å². The van der Waals surface area contributed by atoms with E-state index in [0.29, 0.717) is 11.3 Å². The average molecular weight is 240 g/mol. The van der Waals surface area contributed by atoms with Crippen LogP contribution in [0.3, 0.4) is 0 Å². The van der Waals surface area contributed by atoms with E-state index in [4.69, 9.17) is 0 Å². The fourth-order valence-electron chi connectivity index (χ4n) is 3.12. The lowest BCUT2D eigenvalue weighted by Crippen LogP contribution is -2.19. The molecular formula is C15H16N2O. The largest absolute Gasteiger partial charge is 0.508 e. The molecule has 1 aromatic heterocycles. The van der Waals surface area contributed by atoms with E-state index in [9.17, 15) is 5.11 Å². The van der Waals surface area contributed by atoms with Crippen LogP contribution >= 0.6 is 0 Å². The number of hydrogen-bond donors (Lipinski definition) is 1. The zero-order valence-electron chi connectivity index (χ0n) is 10.2. The van der Waals surface area contributed by atoms with Crippen molar-refractivity contribution in [1.29, 1.82) is 0 Å². The summed E-state index contributed by atoms with van der Waals surface area (Å²) in [6.07, 6.45) is 9.25. The Kier molecular flexibility index (Phi) is 1.91. The highest BCUT2D eigenvalue weighted by molar-refractivity contribution is 5.58. The van der Waals surface area contributed by atoms with Crippen LogP contribution in [-0.4, -0.2) is 14.7 Å². The third kappa shape index (κ3) is 1.40. The Hall–Kier alpha value is -1.77. The van der Waals surface area contributed by atoms with Crippen LogP contribution in [0.15, 0.2) is 36.7 Å². The molecule has 0 radical (unpaired) electrons. The van der Waals surface area contributed by atoms with Gasteiger partial charge in [-0.1, -0.05) is 12.1 Å². The fourth-order valence-corrected chi connectivity index (χ4v) is 3.12. The van der Waals surface area contributed by atoms with Gasteiger partial charge in [0.05, 0.1) is 0 Å². The molecule has 1 heterocycles. The van der Waals surface area contributed by atoms with Gasteiger partial charge < -0.3 is 9.67 Å². The van der Waals surface area contributed by atoms with Crippen LogP contribution in [0.2, 0.25) is 0 Å². The van der Waals surface area contributed by atoms with Gasteiger partial charge in [-0.25, -0.2) is 4.98 Å². The van der Waals surface area contributed by atoms with Crippen molar-refractivity contribution >= 4 is 0 Å². The Morgan fingerprint density at radius 3 is 2.78 bits per heavy atom. The van der Waals surface area contributed by atoms with Gasteiger partial charge in [-0.2, -0.15) is 0 Å². The van der Waals surface area contributed by atoms with Crippen molar-refractivity contribution in [2.75, 3.05) is 0 Å². The summed E-state index contributed by atoms with van der Waals surface area (Å²) in [5, 5.41) is 9.61. The maximum atomic E-state index is 9.61. The molecule has 2 aliphatic carbocycles. The number of rotatable bonds is 3. The first-order valence-corrected chi connectivity index (χ1v) is 6.63. The fraction of sp³-hybridized carbons (Fsp3) is 0.400. The Labute approximate surface area is 106 Å². The second-order valence-corrected chi connectivity index (χ2v) is 5.55. The molecule has 2 fully saturated rings. The van der Waals surface area contributed by atoms with Crippen molar-refractivity contribution in [3.63, 3.8) is 0 Å². The van der Waals surface area contributed by atoms with Crippen LogP contribution in [0.4, 0.5) is 0 Å². The molecule has 2 aliphatic rings. The third-order valence-electron chi connectivity index (χ3n) is 4.32. The number of phenolic OH excluding ortho intramolecular Hbond substituents is 1. The van der Waals surface area contributed by atoms with E-state index in [-0.39, 0.29) is 0 Å². The molecule has 0 bridgehead atoms. The monoisotopic (exact) mass is 240 g/mol. The highest BCUT2D eigenvalue weighted by Crippen LogP contribution is 2.60. The second kappa shape index (κ2) is 3.37. The van der Waals surface area contributed by atoms with Crippen molar-refractivity contribution in [3.8, 4) is 17.1 Å². The minimum Gasteiger partial charge on any atom is -0.508 e. The molecule has 0 unspecified atom stereocenters. The molecule has 0 saturated heterocycles. The lowest BCUT2D eigenvalue weighted by atomic mass is 10.1. The van der Waals surface area contributed by atoms with Crippen molar-refractivity contribution < 1.29 is 5.11 Å². The molecule has 92 valence electrons. The van der Waals surface area contributed by atoms with Crippen LogP contribution in [-0.2, 0) is 5.54 Å². The van der Waals surface area contributed by atoms with Gasteiger partial charge in [0.2, 0.25) is 0 Å². The van der Waals surface area contributed by atoms with E-state index in [1.165, 1.54) is 25.7 Å². The number of hydrogen-bond acceptors (Lipinski definition) is 2. The minimum absolute atomic E-state index is 0.304. The molecule has 0 atom stereocenters. The zero-order chi connectivity index (χ0) is 12.2. The summed E-state index contributed by atoms with van der Waals surface area (Å²) in [6.45, 7) is 0. The molecule has 1 N–H and O–H groups in total. The number of nitrogens with zero attached hydrogens (tertiary/aromatic N) is 2. The molecule has 0 amide bonds. The van der Waals surface area contributed by atoms with E-state index >= 15 is 0 Å². The lowest BCUT2D eigenvalue weighted by Gasteiger charge is -2.19. The molecule has 2 saturated carbocycles. The SMILES string of the molecule is Oc1cccc(-c2nccn2C2(C3CC3)CC2)c1. The summed E-state index contributed by atoms with van der Waals surface area (Å²) in [7, 11) is 0. The standard InChI is InChI=1S/C15H16N2O/c18-13-3-1-2-11(10-13)14-16-8-9-17(14)15(6-7-15)12-4-5-12/h1-3,8-10,12,18H,4-7H2. The second-order valence-electron chi connectivity index (χ2n) is 5.55. The Bertz CT molecular complexity index is 594. The molecule has 0 spiro atoms. The van der Waals surface area contributed by atoms with Gasteiger partial charge in [0.25, 0.3) is 0 Å². The summed E-state index contributed by atoms with van der Waals surface area (Å²) in [6, 6.07) is 7.38. The van der Waals surface area contributed by atoms with Gasteiger partial charge in [-0.15, -0.1) is 0 Å². The predicted molar refractivity (Wildman–Crippen MR) is 69.3 cm³/mol. The zero-order valence-corrected chi connectivity index (χ0v) is 10.2. The quantitative estimate of drug-likeness (QED) is 0.895. The summed E-state index contributed by atoms with van der Waals surface area (Å²) in [5.41, 5.74) is 1.35. The van der Waals surface area contributed by atoms with Crippen molar-refractivity contribution in [1.82, 2.24) is 9.55 Å². The van der Waals surface area contributed by atoms with E-state index in [1.807, 2.05) is 18.3 Å². The van der Waals surface area contributed by atoms with Gasteiger partial charge in [0.15, 0.2) is 0 Å². The minimum atomic E-state index is 0.304. The van der Waals surface area contributed by atoms with Crippen molar-refractivity contribution in [3.05, 3.63) is 36.7 Å². The molecule has 0 aliphatic heterocycles. The Morgan fingerprint density at radius 1 is 1.28 bits per heavy atom. The number of aromatic hydroxyl groups is 1. The predicted octanol–water partition coefficient (Wildman–Crippen LogP) is 3.15. The van der Waals surface area contributed by atoms with Gasteiger partial charge in [0, 0.05) is 23.5 Å². The van der Waals surface area contributed by atoms with E-state index < -0.39 is 0 Å². The molecule has 1 aromatic carbocycles. The van der Waals surface area contributed by atoms with Crippen LogP contribution in [0.5, 0.6) is 5.75 Å². The molecule has 3 heteroatoms. The average Bonchev–Trinajstić information content (AvgIpc) is 3.26. The third-order valence-corrected chi connectivity index (χ3v) is 4.32. The maximum Gasteiger partial charge on any atom is 0.140 e. The molecular weight excluding hydrogens is 224 g/mol. The number of aromatic nitrogens is 2. The summed E-state index contributed by atoms with van der Waals surface area (Å²) >= 11 is 0. The lowest BCUT2D eigenvalue weighted by molar-refractivity contribution is 0.425. The van der Waals surface area contributed by atoms with Gasteiger partial charge in [-0.3, -0.25) is 0 Å². The summed E-state index contributed by atoms with van der Waals surface area (Å²) in [4.78, 5) is 4.50. The Balaban J connectivity index is 1.81. The molecule has 4 rings (SSSR count). The van der Waals surface area contributed by atoms with E-state index in [0.717, 1.165) is 17.3 Å². The summed E-state index contributed by atoms with van der Waals surface area (Å²) in [5.74, 6) is 2.15. The van der Waals surface area contributed by atoms with Crippen molar-refractivity contribution in [2.24, 2.45) is 5.92 Å². The maximum absolute atomic E-state index is 9.61. The van der Waals surface area contributed by atoms with Crippen LogP contribution < -0.4 is 0 Å². The summed E-state index contributed by atoms with van der Waals surface area (Å²) < 4.78 is 2.35. The number of benzene rings is 1. The molecule has 2 aromatic rings. The van der Waals surface area contributed by atoms with Gasteiger partial charge in [-0.05, 0) is 43.7 Å². The first-order valence-electron chi connectivity index (χ1n) is 6.63. The van der Waals surface area contributed by atoms with Crippen LogP contribution in [0, 0.1) is 5.92 Å². The van der Waals surface area contributed by atoms with Gasteiger partial charge in [0.1, 0.15) is 11.6 Å². The molecule has 3 nitrogen and oxygen atoms in total. The van der Waals surface area contributed by atoms with Crippen LogP contribution in [0.1, 0.15) is 25.7 Å². The Morgan fingerprint density at radius 2 is 2.11 bits per heavy atom. The van der Waals surface area contributed by atoms with E-state index in [2.05, 4.69) is 15.7 Å². The number of phenols is 1. The molecule has 18 heavy (non-hydrogen) atoms. The van der Waals surface area contributed by atoms with Crippen LogP contribution in [0.25, 0.3) is 11.4 Å². The first kappa shape index (κ1) is 10.2. The normalized spacial score (nSPS) is 20.9.